The zero-order valence-corrected chi connectivity index (χ0v) is 15.8. The number of rotatable bonds is 5. The van der Waals surface area contributed by atoms with Crippen LogP contribution in [0.15, 0.2) is 54.6 Å². The second-order valence-corrected chi connectivity index (χ2v) is 7.19. The maximum absolute atomic E-state index is 13.0. The van der Waals surface area contributed by atoms with Crippen LogP contribution in [0.1, 0.15) is 45.2 Å². The van der Waals surface area contributed by atoms with Crippen molar-refractivity contribution >= 4 is 23.6 Å². The van der Waals surface area contributed by atoms with Gasteiger partial charge >= 0.3 is 0 Å². The number of likely N-dealkylation sites (tertiary alicyclic amines) is 1. The fraction of sp³-hybridized carbons (Fsp3) is 0.273. The standard InChI is InChI=1S/C22H21N3O4/c26-18(14-25-20(27)16-10-4-5-11-17(16)21(25)28)23-19(15-8-2-1-3-9-15)22(29)24-12-6-7-13-24/h1-5,8-11,19H,6-7,12-14H2,(H,23,26)/t19-/m0/s1. The highest BCUT2D eigenvalue weighted by Gasteiger charge is 2.37. The third-order valence-corrected chi connectivity index (χ3v) is 5.28. The fourth-order valence-electron chi connectivity index (χ4n) is 3.79. The summed E-state index contributed by atoms with van der Waals surface area (Å²) in [6.45, 7) is 0.899. The second-order valence-electron chi connectivity index (χ2n) is 7.19. The molecule has 2 aliphatic heterocycles. The highest BCUT2D eigenvalue weighted by atomic mass is 16.2. The average Bonchev–Trinajstić information content (AvgIpc) is 3.37. The van der Waals surface area contributed by atoms with Crippen LogP contribution in [0.25, 0.3) is 0 Å². The highest BCUT2D eigenvalue weighted by Crippen LogP contribution is 2.23. The Morgan fingerprint density at radius 3 is 2.00 bits per heavy atom. The molecule has 1 saturated heterocycles. The van der Waals surface area contributed by atoms with Gasteiger partial charge in [-0.25, -0.2) is 0 Å². The van der Waals surface area contributed by atoms with Gasteiger partial charge in [0.05, 0.1) is 11.1 Å². The van der Waals surface area contributed by atoms with Crippen LogP contribution in [0.5, 0.6) is 0 Å². The third kappa shape index (κ3) is 3.63. The highest BCUT2D eigenvalue weighted by molar-refractivity contribution is 6.22. The number of carbonyl (C=O) groups excluding carboxylic acids is 4. The van der Waals surface area contributed by atoms with Crippen molar-refractivity contribution in [1.82, 2.24) is 15.1 Å². The summed E-state index contributed by atoms with van der Waals surface area (Å²) in [4.78, 5) is 53.3. The molecule has 0 spiro atoms. The molecule has 1 fully saturated rings. The number of benzene rings is 2. The summed E-state index contributed by atoms with van der Waals surface area (Å²) in [6.07, 6.45) is 1.88. The number of imide groups is 1. The monoisotopic (exact) mass is 391 g/mol. The van der Waals surface area contributed by atoms with Crippen molar-refractivity contribution in [3.05, 3.63) is 71.3 Å². The van der Waals surface area contributed by atoms with E-state index in [1.54, 1.807) is 53.4 Å². The molecule has 7 nitrogen and oxygen atoms in total. The molecule has 2 aliphatic rings. The summed E-state index contributed by atoms with van der Waals surface area (Å²) in [5, 5.41) is 2.73. The van der Waals surface area contributed by atoms with Crippen LogP contribution in [0, 0.1) is 0 Å². The van der Waals surface area contributed by atoms with E-state index in [0.717, 1.165) is 17.7 Å². The Morgan fingerprint density at radius 2 is 1.41 bits per heavy atom. The van der Waals surface area contributed by atoms with E-state index in [0.29, 0.717) is 18.7 Å². The van der Waals surface area contributed by atoms with Gasteiger partial charge in [0, 0.05) is 13.1 Å². The lowest BCUT2D eigenvalue weighted by Gasteiger charge is -2.25. The van der Waals surface area contributed by atoms with Gasteiger partial charge in [-0.2, -0.15) is 0 Å². The van der Waals surface area contributed by atoms with Gasteiger partial charge in [0.1, 0.15) is 12.6 Å². The SMILES string of the molecule is O=C(CN1C(=O)c2ccccc2C1=O)N[C@H](C(=O)N1CCCC1)c1ccccc1. The zero-order chi connectivity index (χ0) is 20.4. The average molecular weight is 391 g/mol. The molecule has 0 aromatic heterocycles. The van der Waals surface area contributed by atoms with Crippen LogP contribution in [-0.4, -0.2) is 53.1 Å². The van der Waals surface area contributed by atoms with Gasteiger partial charge in [0.15, 0.2) is 0 Å². The molecule has 0 saturated carbocycles. The van der Waals surface area contributed by atoms with Crippen molar-refractivity contribution in [3.8, 4) is 0 Å². The summed E-state index contributed by atoms with van der Waals surface area (Å²) in [6, 6.07) is 14.6. The quantitative estimate of drug-likeness (QED) is 0.787. The normalized spacial score (nSPS) is 16.7. The molecular weight excluding hydrogens is 370 g/mol. The van der Waals surface area contributed by atoms with Crippen molar-refractivity contribution in [3.63, 3.8) is 0 Å². The topological polar surface area (TPSA) is 86.8 Å². The summed E-state index contributed by atoms with van der Waals surface area (Å²) < 4.78 is 0. The van der Waals surface area contributed by atoms with Gasteiger partial charge in [0.25, 0.3) is 11.8 Å². The van der Waals surface area contributed by atoms with E-state index in [1.165, 1.54) is 0 Å². The molecule has 0 bridgehead atoms. The van der Waals surface area contributed by atoms with E-state index >= 15 is 0 Å². The fourth-order valence-corrected chi connectivity index (χ4v) is 3.79. The number of amides is 4. The molecule has 29 heavy (non-hydrogen) atoms. The first kappa shape index (κ1) is 18.9. The zero-order valence-electron chi connectivity index (χ0n) is 15.8. The molecule has 2 heterocycles. The van der Waals surface area contributed by atoms with E-state index in [1.807, 2.05) is 6.07 Å². The van der Waals surface area contributed by atoms with Gasteiger partial charge in [0.2, 0.25) is 11.8 Å². The molecule has 2 aromatic carbocycles. The lowest BCUT2D eigenvalue weighted by atomic mass is 10.1. The summed E-state index contributed by atoms with van der Waals surface area (Å²) >= 11 is 0. The van der Waals surface area contributed by atoms with Crippen LogP contribution in [-0.2, 0) is 9.59 Å². The van der Waals surface area contributed by atoms with Crippen LogP contribution >= 0.6 is 0 Å². The number of hydrogen-bond acceptors (Lipinski definition) is 4. The molecule has 4 rings (SSSR count). The first-order chi connectivity index (χ1) is 14.1. The van der Waals surface area contributed by atoms with Crippen LogP contribution in [0.2, 0.25) is 0 Å². The van der Waals surface area contributed by atoms with Gasteiger partial charge in [-0.3, -0.25) is 24.1 Å². The Kier molecular flexibility index (Phi) is 5.12. The molecule has 148 valence electrons. The summed E-state index contributed by atoms with van der Waals surface area (Å²) in [5.74, 6) is -1.73. The first-order valence-corrected chi connectivity index (χ1v) is 9.64. The number of hydrogen-bond donors (Lipinski definition) is 1. The second kappa shape index (κ2) is 7.87. The number of fused-ring (bicyclic) bond motifs is 1. The minimum atomic E-state index is -0.850. The Balaban J connectivity index is 1.51. The smallest absolute Gasteiger partial charge is 0.262 e. The van der Waals surface area contributed by atoms with Crippen molar-refractivity contribution in [2.45, 2.75) is 18.9 Å². The van der Waals surface area contributed by atoms with Crippen molar-refractivity contribution in [1.29, 1.82) is 0 Å². The maximum Gasteiger partial charge on any atom is 0.262 e. The molecule has 0 radical (unpaired) electrons. The number of carbonyl (C=O) groups is 4. The number of nitrogens with zero attached hydrogens (tertiary/aromatic N) is 2. The summed E-state index contributed by atoms with van der Waals surface area (Å²) in [7, 11) is 0. The Bertz CT molecular complexity index is 932. The predicted octanol–water partition coefficient (Wildman–Crippen LogP) is 1.76. The lowest BCUT2D eigenvalue weighted by Crippen LogP contribution is -2.46. The molecule has 7 heteroatoms. The van der Waals surface area contributed by atoms with E-state index in [2.05, 4.69) is 5.32 Å². The van der Waals surface area contributed by atoms with Gasteiger partial charge in [-0.1, -0.05) is 42.5 Å². The van der Waals surface area contributed by atoms with Gasteiger partial charge in [-0.05, 0) is 30.5 Å². The van der Waals surface area contributed by atoms with Gasteiger partial charge in [-0.15, -0.1) is 0 Å². The molecule has 4 amide bonds. The summed E-state index contributed by atoms with van der Waals surface area (Å²) in [5.41, 5.74) is 1.25. The van der Waals surface area contributed by atoms with Crippen LogP contribution in [0.3, 0.4) is 0 Å². The minimum Gasteiger partial charge on any atom is -0.341 e. The first-order valence-electron chi connectivity index (χ1n) is 9.64. The molecule has 1 atom stereocenters. The van der Waals surface area contributed by atoms with E-state index < -0.39 is 30.3 Å². The Morgan fingerprint density at radius 1 is 0.862 bits per heavy atom. The molecule has 2 aromatic rings. The van der Waals surface area contributed by atoms with E-state index in [4.69, 9.17) is 0 Å². The predicted molar refractivity (Wildman–Crippen MR) is 105 cm³/mol. The largest absolute Gasteiger partial charge is 0.341 e. The van der Waals surface area contributed by atoms with Crippen molar-refractivity contribution < 1.29 is 19.2 Å². The third-order valence-electron chi connectivity index (χ3n) is 5.28. The van der Waals surface area contributed by atoms with Crippen molar-refractivity contribution in [2.75, 3.05) is 19.6 Å². The lowest BCUT2D eigenvalue weighted by molar-refractivity contribution is -0.135. The van der Waals surface area contributed by atoms with Gasteiger partial charge < -0.3 is 10.2 Å². The molecule has 1 N–H and O–H groups in total. The van der Waals surface area contributed by atoms with E-state index in [9.17, 15) is 19.2 Å². The molecule has 0 aliphatic carbocycles. The maximum atomic E-state index is 13.0. The Hall–Kier alpha value is -3.48. The number of nitrogens with one attached hydrogen (secondary N) is 1. The Labute approximate surface area is 168 Å². The van der Waals surface area contributed by atoms with Crippen LogP contribution < -0.4 is 5.32 Å². The van der Waals surface area contributed by atoms with E-state index in [-0.39, 0.29) is 17.0 Å². The molecule has 0 unspecified atom stereocenters. The minimum absolute atomic E-state index is 0.176. The van der Waals surface area contributed by atoms with Crippen molar-refractivity contribution in [2.24, 2.45) is 0 Å². The van der Waals surface area contributed by atoms with Crippen LogP contribution in [0.4, 0.5) is 0 Å². The molecular formula is C22H21N3O4.